The van der Waals surface area contributed by atoms with Crippen LogP contribution in [0.5, 0.6) is 0 Å². The Bertz CT molecular complexity index is 390. The second-order valence-electron chi connectivity index (χ2n) is 3.33. The number of nitrogens with zero attached hydrogens (tertiary/aromatic N) is 2. The summed E-state index contributed by atoms with van der Waals surface area (Å²) in [6.07, 6.45) is 0. The highest BCUT2D eigenvalue weighted by Crippen LogP contribution is 2.14. The molecule has 0 saturated heterocycles. The summed E-state index contributed by atoms with van der Waals surface area (Å²) in [5, 5.41) is 10.8. The number of hydrogen-bond donors (Lipinski definition) is 2. The van der Waals surface area contributed by atoms with E-state index in [1.54, 1.807) is 12.1 Å². The van der Waals surface area contributed by atoms with E-state index in [1.807, 2.05) is 31.2 Å². The molecule has 0 spiro atoms. The number of nitrogens with one attached hydrogen (secondary N) is 1. The fraction of sp³-hybridized carbons (Fsp3) is 0.0909. The van der Waals surface area contributed by atoms with E-state index < -0.39 is 0 Å². The molecule has 4 heteroatoms. The van der Waals surface area contributed by atoms with Gasteiger partial charge in [-0.25, -0.2) is 0 Å². The highest BCUT2D eigenvalue weighted by molar-refractivity contribution is 5.56. The van der Waals surface area contributed by atoms with Crippen molar-refractivity contribution in [2.24, 2.45) is 0 Å². The normalized spacial score (nSPS) is 9.93. The number of nitrogen functional groups attached to an aromatic ring is 1. The van der Waals surface area contributed by atoms with Crippen molar-refractivity contribution in [3.8, 4) is 0 Å². The van der Waals surface area contributed by atoms with Gasteiger partial charge >= 0.3 is 0 Å². The number of aromatic nitrogens is 2. The second kappa shape index (κ2) is 3.96. The van der Waals surface area contributed by atoms with Crippen molar-refractivity contribution in [1.29, 1.82) is 0 Å². The Morgan fingerprint density at radius 2 is 1.73 bits per heavy atom. The van der Waals surface area contributed by atoms with Crippen LogP contribution in [0.4, 0.5) is 17.3 Å². The van der Waals surface area contributed by atoms with E-state index in [-0.39, 0.29) is 0 Å². The highest BCUT2D eigenvalue weighted by Gasteiger charge is 1.95. The zero-order chi connectivity index (χ0) is 10.7. The predicted octanol–water partition coefficient (Wildman–Crippen LogP) is 2.11. The molecule has 15 heavy (non-hydrogen) atoms. The van der Waals surface area contributed by atoms with Gasteiger partial charge in [0.1, 0.15) is 5.82 Å². The van der Waals surface area contributed by atoms with Gasteiger partial charge in [-0.05, 0) is 31.2 Å². The van der Waals surface area contributed by atoms with Crippen molar-refractivity contribution in [2.45, 2.75) is 6.92 Å². The molecule has 0 bridgehead atoms. The fourth-order valence-electron chi connectivity index (χ4n) is 1.19. The van der Waals surface area contributed by atoms with E-state index in [1.165, 1.54) is 5.56 Å². The van der Waals surface area contributed by atoms with E-state index in [4.69, 9.17) is 5.73 Å². The van der Waals surface area contributed by atoms with Crippen LogP contribution >= 0.6 is 0 Å². The molecule has 0 aliphatic carbocycles. The van der Waals surface area contributed by atoms with Gasteiger partial charge in [0.2, 0.25) is 0 Å². The molecule has 2 aromatic rings. The molecule has 0 aliphatic rings. The van der Waals surface area contributed by atoms with Crippen LogP contribution < -0.4 is 11.1 Å². The largest absolute Gasteiger partial charge is 0.382 e. The van der Waals surface area contributed by atoms with E-state index in [0.717, 1.165) is 5.69 Å². The Morgan fingerprint density at radius 3 is 2.33 bits per heavy atom. The maximum atomic E-state index is 5.44. The van der Waals surface area contributed by atoms with Crippen LogP contribution in [-0.2, 0) is 0 Å². The summed E-state index contributed by atoms with van der Waals surface area (Å²) in [7, 11) is 0. The van der Waals surface area contributed by atoms with Crippen LogP contribution in [0.2, 0.25) is 0 Å². The van der Waals surface area contributed by atoms with Crippen LogP contribution in [0.1, 0.15) is 5.56 Å². The molecule has 0 fully saturated rings. The number of hydrogen-bond acceptors (Lipinski definition) is 4. The molecule has 3 N–H and O–H groups in total. The van der Waals surface area contributed by atoms with E-state index in [2.05, 4.69) is 15.5 Å². The summed E-state index contributed by atoms with van der Waals surface area (Å²) in [4.78, 5) is 0. The van der Waals surface area contributed by atoms with Gasteiger partial charge < -0.3 is 11.1 Å². The molecule has 0 unspecified atom stereocenters. The molecule has 1 aromatic carbocycles. The minimum absolute atomic E-state index is 0.421. The first-order valence-corrected chi connectivity index (χ1v) is 4.67. The molecule has 0 radical (unpaired) electrons. The third-order valence-corrected chi connectivity index (χ3v) is 2.01. The van der Waals surface area contributed by atoms with Gasteiger partial charge in [-0.2, -0.15) is 0 Å². The molecular formula is C11H12N4. The molecule has 0 atom stereocenters. The third-order valence-electron chi connectivity index (χ3n) is 2.01. The van der Waals surface area contributed by atoms with E-state index in [9.17, 15) is 0 Å². The standard InChI is InChI=1S/C11H12N4/c1-8-2-4-9(5-3-8)13-11-7-6-10(12)14-15-11/h2-7H,1H3,(H2,12,14)(H,13,15). The second-order valence-corrected chi connectivity index (χ2v) is 3.33. The smallest absolute Gasteiger partial charge is 0.153 e. The van der Waals surface area contributed by atoms with Gasteiger partial charge in [-0.15, -0.1) is 10.2 Å². The minimum Gasteiger partial charge on any atom is -0.382 e. The van der Waals surface area contributed by atoms with Gasteiger partial charge in [0.25, 0.3) is 0 Å². The number of aryl methyl sites for hydroxylation is 1. The lowest BCUT2D eigenvalue weighted by Gasteiger charge is -2.04. The van der Waals surface area contributed by atoms with Gasteiger partial charge in [0, 0.05) is 5.69 Å². The van der Waals surface area contributed by atoms with Crippen molar-refractivity contribution in [1.82, 2.24) is 10.2 Å². The Labute approximate surface area is 88.2 Å². The number of anilines is 3. The van der Waals surface area contributed by atoms with E-state index >= 15 is 0 Å². The molecule has 0 amide bonds. The predicted molar refractivity (Wildman–Crippen MR) is 60.9 cm³/mol. The number of benzene rings is 1. The summed E-state index contributed by atoms with van der Waals surface area (Å²) < 4.78 is 0. The third kappa shape index (κ3) is 2.43. The average molecular weight is 200 g/mol. The lowest BCUT2D eigenvalue weighted by Crippen LogP contribution is -1.97. The van der Waals surface area contributed by atoms with Crippen LogP contribution in [0.15, 0.2) is 36.4 Å². The molecule has 4 nitrogen and oxygen atoms in total. The number of rotatable bonds is 2. The van der Waals surface area contributed by atoms with Gasteiger partial charge in [0.15, 0.2) is 5.82 Å². The first kappa shape index (κ1) is 9.45. The average Bonchev–Trinajstić information content (AvgIpc) is 2.25. The van der Waals surface area contributed by atoms with Crippen LogP contribution in [-0.4, -0.2) is 10.2 Å². The maximum Gasteiger partial charge on any atom is 0.153 e. The fourth-order valence-corrected chi connectivity index (χ4v) is 1.19. The summed E-state index contributed by atoms with van der Waals surface area (Å²) in [6, 6.07) is 11.6. The van der Waals surface area contributed by atoms with Gasteiger partial charge in [0.05, 0.1) is 0 Å². The summed E-state index contributed by atoms with van der Waals surface area (Å²) >= 11 is 0. The molecule has 2 rings (SSSR count). The number of nitrogens with two attached hydrogens (primary N) is 1. The van der Waals surface area contributed by atoms with E-state index in [0.29, 0.717) is 11.6 Å². The molecule has 0 saturated carbocycles. The summed E-state index contributed by atoms with van der Waals surface area (Å²) in [5.74, 6) is 1.11. The van der Waals surface area contributed by atoms with Crippen LogP contribution in [0.3, 0.4) is 0 Å². The Balaban J connectivity index is 2.15. The first-order chi connectivity index (χ1) is 7.24. The van der Waals surface area contributed by atoms with Crippen molar-refractivity contribution < 1.29 is 0 Å². The molecule has 1 heterocycles. The molecule has 0 aliphatic heterocycles. The lowest BCUT2D eigenvalue weighted by atomic mass is 10.2. The quantitative estimate of drug-likeness (QED) is 0.779. The van der Waals surface area contributed by atoms with Gasteiger partial charge in [-0.3, -0.25) is 0 Å². The SMILES string of the molecule is Cc1ccc(Nc2ccc(N)nn2)cc1. The van der Waals surface area contributed by atoms with Crippen molar-refractivity contribution in [3.63, 3.8) is 0 Å². The monoisotopic (exact) mass is 200 g/mol. The zero-order valence-electron chi connectivity index (χ0n) is 8.44. The lowest BCUT2D eigenvalue weighted by molar-refractivity contribution is 1.05. The first-order valence-electron chi connectivity index (χ1n) is 4.67. The molecule has 76 valence electrons. The Morgan fingerprint density at radius 1 is 1.00 bits per heavy atom. The van der Waals surface area contributed by atoms with Gasteiger partial charge in [-0.1, -0.05) is 17.7 Å². The highest BCUT2D eigenvalue weighted by atomic mass is 15.2. The summed E-state index contributed by atoms with van der Waals surface area (Å²) in [6.45, 7) is 2.05. The Kier molecular flexibility index (Phi) is 2.49. The molecular weight excluding hydrogens is 188 g/mol. The topological polar surface area (TPSA) is 63.8 Å². The van der Waals surface area contributed by atoms with Crippen molar-refractivity contribution in [2.75, 3.05) is 11.1 Å². The minimum atomic E-state index is 0.421. The van der Waals surface area contributed by atoms with Crippen LogP contribution in [0, 0.1) is 6.92 Å². The maximum absolute atomic E-state index is 5.44. The van der Waals surface area contributed by atoms with Crippen LogP contribution in [0.25, 0.3) is 0 Å². The summed E-state index contributed by atoms with van der Waals surface area (Å²) in [5.41, 5.74) is 7.65. The van der Waals surface area contributed by atoms with Crippen molar-refractivity contribution >= 4 is 17.3 Å². The van der Waals surface area contributed by atoms with Crippen molar-refractivity contribution in [3.05, 3.63) is 42.0 Å². The Hall–Kier alpha value is -2.10. The zero-order valence-corrected chi connectivity index (χ0v) is 8.44. The molecule has 1 aromatic heterocycles.